The van der Waals surface area contributed by atoms with E-state index in [4.69, 9.17) is 10.4 Å². The van der Waals surface area contributed by atoms with Crippen LogP contribution in [0.15, 0.2) is 0 Å². The number of aliphatic hydroxyl groups excluding tert-OH is 1. The van der Waals surface area contributed by atoms with Crippen LogP contribution >= 0.6 is 11.8 Å². The SMILES string of the molecule is CCNC(C)(C#N)CC(C)SCC(C)CO. The Hall–Kier alpha value is -0.240. The van der Waals surface area contributed by atoms with Crippen LogP contribution in [0.5, 0.6) is 0 Å². The summed E-state index contributed by atoms with van der Waals surface area (Å²) >= 11 is 1.83. The number of nitrogens with one attached hydrogen (secondary N) is 1. The van der Waals surface area contributed by atoms with E-state index in [-0.39, 0.29) is 6.61 Å². The molecule has 0 aromatic heterocycles. The van der Waals surface area contributed by atoms with Gasteiger partial charge in [0.1, 0.15) is 5.54 Å². The number of rotatable bonds is 8. The molecule has 0 saturated heterocycles. The van der Waals surface area contributed by atoms with Crippen molar-refractivity contribution in [1.29, 1.82) is 5.26 Å². The van der Waals surface area contributed by atoms with Crippen molar-refractivity contribution in [3.63, 3.8) is 0 Å². The molecule has 0 amide bonds. The molecular formula is C12H24N2OS. The standard InChI is InChI=1S/C12H24N2OS/c1-5-14-12(4,9-13)6-11(3)16-8-10(2)7-15/h10-11,14-15H,5-8H2,1-4H3. The Balaban J connectivity index is 4.02. The lowest BCUT2D eigenvalue weighted by molar-refractivity contribution is 0.250. The van der Waals surface area contributed by atoms with Crippen molar-refractivity contribution in [2.45, 2.75) is 44.9 Å². The van der Waals surface area contributed by atoms with Gasteiger partial charge in [0.2, 0.25) is 0 Å². The average molecular weight is 244 g/mol. The summed E-state index contributed by atoms with van der Waals surface area (Å²) in [5.41, 5.74) is -0.427. The van der Waals surface area contributed by atoms with Crippen molar-refractivity contribution in [2.24, 2.45) is 5.92 Å². The molecule has 94 valence electrons. The van der Waals surface area contributed by atoms with E-state index in [0.29, 0.717) is 11.2 Å². The Labute approximate surface area is 104 Å². The third-order valence-corrected chi connectivity index (χ3v) is 3.98. The highest BCUT2D eigenvalue weighted by Gasteiger charge is 2.25. The predicted octanol–water partition coefficient (Wildman–Crippen LogP) is 2.02. The second kappa shape index (κ2) is 7.94. The zero-order chi connectivity index (χ0) is 12.6. The van der Waals surface area contributed by atoms with Gasteiger partial charge in [0.15, 0.2) is 0 Å². The fourth-order valence-corrected chi connectivity index (χ4v) is 2.78. The van der Waals surface area contributed by atoms with Gasteiger partial charge in [0, 0.05) is 11.9 Å². The molecule has 0 bridgehead atoms. The molecule has 3 unspecified atom stereocenters. The first kappa shape index (κ1) is 15.8. The molecule has 0 aromatic rings. The normalized spacial score (nSPS) is 18.5. The third kappa shape index (κ3) is 6.37. The maximum absolute atomic E-state index is 9.13. The van der Waals surface area contributed by atoms with Crippen LogP contribution in [0.4, 0.5) is 0 Å². The molecule has 0 saturated carbocycles. The van der Waals surface area contributed by atoms with E-state index >= 15 is 0 Å². The van der Waals surface area contributed by atoms with E-state index < -0.39 is 5.54 Å². The summed E-state index contributed by atoms with van der Waals surface area (Å²) in [6, 6.07) is 2.34. The number of hydrogen-bond acceptors (Lipinski definition) is 4. The van der Waals surface area contributed by atoms with Gasteiger partial charge in [0.05, 0.1) is 6.07 Å². The van der Waals surface area contributed by atoms with Gasteiger partial charge in [0.25, 0.3) is 0 Å². The van der Waals surface area contributed by atoms with E-state index in [1.54, 1.807) is 0 Å². The molecule has 3 nitrogen and oxygen atoms in total. The van der Waals surface area contributed by atoms with Crippen LogP contribution in [0.2, 0.25) is 0 Å². The Kier molecular flexibility index (Phi) is 7.82. The minimum absolute atomic E-state index is 0.239. The monoisotopic (exact) mass is 244 g/mol. The first-order valence-electron chi connectivity index (χ1n) is 5.86. The molecule has 0 fully saturated rings. The number of nitrogens with zero attached hydrogens (tertiary/aromatic N) is 1. The maximum Gasteiger partial charge on any atom is 0.104 e. The molecule has 0 radical (unpaired) electrons. The molecule has 16 heavy (non-hydrogen) atoms. The zero-order valence-electron chi connectivity index (χ0n) is 10.8. The van der Waals surface area contributed by atoms with Crippen molar-refractivity contribution >= 4 is 11.8 Å². The lowest BCUT2D eigenvalue weighted by atomic mass is 9.98. The predicted molar refractivity (Wildman–Crippen MR) is 70.5 cm³/mol. The average Bonchev–Trinajstić information content (AvgIpc) is 2.26. The van der Waals surface area contributed by atoms with Gasteiger partial charge < -0.3 is 5.11 Å². The molecule has 0 spiro atoms. The molecule has 0 heterocycles. The van der Waals surface area contributed by atoms with E-state index in [1.165, 1.54) is 0 Å². The fourth-order valence-electron chi connectivity index (χ4n) is 1.56. The van der Waals surface area contributed by atoms with Crippen molar-refractivity contribution in [3.8, 4) is 6.07 Å². The Morgan fingerprint density at radius 3 is 2.56 bits per heavy atom. The van der Waals surface area contributed by atoms with E-state index in [0.717, 1.165) is 18.7 Å². The highest BCUT2D eigenvalue weighted by molar-refractivity contribution is 7.99. The molecule has 0 aliphatic rings. The van der Waals surface area contributed by atoms with Gasteiger partial charge in [-0.25, -0.2) is 0 Å². The van der Waals surface area contributed by atoms with Crippen LogP contribution < -0.4 is 5.32 Å². The summed E-state index contributed by atoms with van der Waals surface area (Å²) < 4.78 is 0. The summed E-state index contributed by atoms with van der Waals surface area (Å²) in [6.07, 6.45) is 0.833. The smallest absolute Gasteiger partial charge is 0.104 e. The van der Waals surface area contributed by atoms with Crippen LogP contribution in [0.25, 0.3) is 0 Å². The molecule has 0 aliphatic heterocycles. The number of thioether (sulfide) groups is 1. The van der Waals surface area contributed by atoms with Crippen LogP contribution in [0, 0.1) is 17.2 Å². The summed E-state index contributed by atoms with van der Waals surface area (Å²) in [5, 5.41) is 21.7. The van der Waals surface area contributed by atoms with Crippen molar-refractivity contribution in [2.75, 3.05) is 18.9 Å². The molecule has 0 aliphatic carbocycles. The third-order valence-electron chi connectivity index (χ3n) is 2.49. The highest BCUT2D eigenvalue weighted by atomic mass is 32.2. The van der Waals surface area contributed by atoms with Crippen LogP contribution in [0.3, 0.4) is 0 Å². The van der Waals surface area contributed by atoms with Crippen LogP contribution in [0.1, 0.15) is 34.1 Å². The summed E-state index contributed by atoms with van der Waals surface area (Å²) in [7, 11) is 0. The summed E-state index contributed by atoms with van der Waals surface area (Å²) in [4.78, 5) is 0. The molecule has 2 N–H and O–H groups in total. The van der Waals surface area contributed by atoms with Gasteiger partial charge >= 0.3 is 0 Å². The Morgan fingerprint density at radius 1 is 1.50 bits per heavy atom. The van der Waals surface area contributed by atoms with Crippen molar-refractivity contribution < 1.29 is 5.11 Å². The second-order valence-electron chi connectivity index (χ2n) is 4.61. The first-order chi connectivity index (χ1) is 7.47. The summed E-state index contributed by atoms with van der Waals surface area (Å²) in [6.45, 7) is 9.19. The number of nitriles is 1. The lowest BCUT2D eigenvalue weighted by Crippen LogP contribution is -2.42. The minimum Gasteiger partial charge on any atom is -0.396 e. The van der Waals surface area contributed by atoms with Gasteiger partial charge in [-0.15, -0.1) is 0 Å². The largest absolute Gasteiger partial charge is 0.396 e. The van der Waals surface area contributed by atoms with Crippen LogP contribution in [-0.4, -0.2) is 34.8 Å². The number of aliphatic hydroxyl groups is 1. The van der Waals surface area contributed by atoms with Gasteiger partial charge in [-0.3, -0.25) is 5.32 Å². The maximum atomic E-state index is 9.13. The summed E-state index contributed by atoms with van der Waals surface area (Å²) in [5.74, 6) is 1.28. The Morgan fingerprint density at radius 2 is 2.12 bits per heavy atom. The second-order valence-corrected chi connectivity index (χ2v) is 6.08. The van der Waals surface area contributed by atoms with E-state index in [1.807, 2.05) is 32.5 Å². The van der Waals surface area contributed by atoms with Gasteiger partial charge in [-0.1, -0.05) is 20.8 Å². The topological polar surface area (TPSA) is 56.0 Å². The van der Waals surface area contributed by atoms with E-state index in [9.17, 15) is 0 Å². The van der Waals surface area contributed by atoms with Gasteiger partial charge in [-0.05, 0) is 31.6 Å². The number of hydrogen-bond donors (Lipinski definition) is 2. The quantitative estimate of drug-likeness (QED) is 0.686. The van der Waals surface area contributed by atoms with E-state index in [2.05, 4.69) is 18.3 Å². The molecule has 0 aromatic carbocycles. The Bertz CT molecular complexity index is 230. The minimum atomic E-state index is -0.427. The highest BCUT2D eigenvalue weighted by Crippen LogP contribution is 2.23. The molecule has 0 rings (SSSR count). The fraction of sp³-hybridized carbons (Fsp3) is 0.917. The zero-order valence-corrected chi connectivity index (χ0v) is 11.6. The van der Waals surface area contributed by atoms with Gasteiger partial charge in [-0.2, -0.15) is 17.0 Å². The lowest BCUT2D eigenvalue weighted by Gasteiger charge is -2.26. The van der Waals surface area contributed by atoms with Crippen molar-refractivity contribution in [3.05, 3.63) is 0 Å². The molecular weight excluding hydrogens is 220 g/mol. The molecule has 3 atom stereocenters. The molecule has 4 heteroatoms. The van der Waals surface area contributed by atoms with Crippen LogP contribution in [-0.2, 0) is 0 Å². The first-order valence-corrected chi connectivity index (χ1v) is 6.91. The van der Waals surface area contributed by atoms with Crippen molar-refractivity contribution in [1.82, 2.24) is 5.32 Å².